The van der Waals surface area contributed by atoms with Crippen molar-refractivity contribution in [3.8, 4) is 0 Å². The smallest absolute Gasteiger partial charge is 0.336 e. The first-order chi connectivity index (χ1) is 13.4. The second-order valence-electron chi connectivity index (χ2n) is 6.63. The monoisotopic (exact) mass is 393 g/mol. The van der Waals surface area contributed by atoms with E-state index in [1.165, 1.54) is 7.11 Å². The largest absolute Gasteiger partial charge is 0.466 e. The van der Waals surface area contributed by atoms with E-state index in [1.807, 2.05) is 0 Å². The van der Waals surface area contributed by atoms with Gasteiger partial charge in [0.25, 0.3) is 0 Å². The lowest BCUT2D eigenvalue weighted by Gasteiger charge is -2.33. The molecule has 1 heterocycles. The summed E-state index contributed by atoms with van der Waals surface area (Å²) in [4.78, 5) is 39.0. The predicted molar refractivity (Wildman–Crippen MR) is 104 cm³/mol. The molecule has 1 aliphatic carbocycles. The van der Waals surface area contributed by atoms with Gasteiger partial charge in [0.05, 0.1) is 18.4 Å². The molecular formula is C22H16ClNO4. The van der Waals surface area contributed by atoms with Crippen LogP contribution in [0.4, 0.5) is 0 Å². The molecule has 0 amide bonds. The molecule has 0 spiro atoms. The Balaban J connectivity index is 1.98. The number of halogens is 1. The zero-order valence-electron chi connectivity index (χ0n) is 15.2. The van der Waals surface area contributed by atoms with Crippen molar-refractivity contribution >= 4 is 29.1 Å². The van der Waals surface area contributed by atoms with Crippen LogP contribution in [0.1, 0.15) is 39.1 Å². The Labute approximate surface area is 166 Å². The first-order valence-electron chi connectivity index (χ1n) is 8.68. The molecule has 28 heavy (non-hydrogen) atoms. The van der Waals surface area contributed by atoms with E-state index in [0.717, 1.165) is 0 Å². The number of dihydropyridines is 1. The third-order valence-electron chi connectivity index (χ3n) is 5.06. The molecule has 0 saturated heterocycles. The lowest BCUT2D eigenvalue weighted by Crippen LogP contribution is -2.38. The Bertz CT molecular complexity index is 1100. The maximum absolute atomic E-state index is 13.4. The van der Waals surface area contributed by atoms with Crippen LogP contribution in [-0.4, -0.2) is 24.6 Å². The lowest BCUT2D eigenvalue weighted by molar-refractivity contribution is -0.136. The highest BCUT2D eigenvalue weighted by molar-refractivity contribution is 6.30. The molecule has 140 valence electrons. The fourth-order valence-electron chi connectivity index (χ4n) is 3.78. The zero-order valence-corrected chi connectivity index (χ0v) is 16.0. The summed E-state index contributed by atoms with van der Waals surface area (Å²) in [7, 11) is 1.29. The first-order valence-corrected chi connectivity index (χ1v) is 9.06. The van der Waals surface area contributed by atoms with Crippen molar-refractivity contribution < 1.29 is 19.1 Å². The molecule has 0 aromatic heterocycles. The maximum atomic E-state index is 13.4. The molecule has 2 aliphatic rings. The topological polar surface area (TPSA) is 72.5 Å². The van der Waals surface area contributed by atoms with E-state index in [2.05, 4.69) is 5.32 Å². The molecule has 0 saturated carbocycles. The van der Waals surface area contributed by atoms with Gasteiger partial charge in [0.2, 0.25) is 5.78 Å². The Morgan fingerprint density at radius 2 is 1.61 bits per heavy atom. The molecule has 5 nitrogen and oxygen atoms in total. The third-order valence-corrected chi connectivity index (χ3v) is 5.31. The number of benzene rings is 2. The van der Waals surface area contributed by atoms with E-state index < -0.39 is 11.9 Å². The SMILES string of the molecule is COC(=O)C1=C(C)NC2=C(C(=O)c3ccccc3C2=O)C1c1ccc(Cl)cc1. The molecular weight excluding hydrogens is 378 g/mol. The van der Waals surface area contributed by atoms with E-state index in [-0.39, 0.29) is 22.8 Å². The summed E-state index contributed by atoms with van der Waals surface area (Å²) in [6, 6.07) is 13.6. The second kappa shape index (κ2) is 6.77. The Hall–Kier alpha value is -3.18. The van der Waals surface area contributed by atoms with Crippen molar-refractivity contribution in [1.82, 2.24) is 5.32 Å². The Morgan fingerprint density at radius 3 is 2.21 bits per heavy atom. The minimum absolute atomic E-state index is 0.203. The van der Waals surface area contributed by atoms with Gasteiger partial charge in [-0.3, -0.25) is 9.59 Å². The van der Waals surface area contributed by atoms with Gasteiger partial charge in [0.15, 0.2) is 5.78 Å². The second-order valence-corrected chi connectivity index (χ2v) is 7.07. The van der Waals surface area contributed by atoms with Gasteiger partial charge in [0, 0.05) is 33.3 Å². The van der Waals surface area contributed by atoms with Gasteiger partial charge >= 0.3 is 5.97 Å². The van der Waals surface area contributed by atoms with Crippen molar-refractivity contribution in [3.05, 3.63) is 92.8 Å². The van der Waals surface area contributed by atoms with Crippen molar-refractivity contribution in [2.24, 2.45) is 0 Å². The molecule has 0 radical (unpaired) electrons. The van der Waals surface area contributed by atoms with Crippen LogP contribution in [0.3, 0.4) is 0 Å². The summed E-state index contributed by atoms with van der Waals surface area (Å²) in [5.74, 6) is -1.85. The van der Waals surface area contributed by atoms with Crippen LogP contribution in [0.25, 0.3) is 0 Å². The minimum atomic E-state index is -0.731. The van der Waals surface area contributed by atoms with Crippen LogP contribution < -0.4 is 5.32 Å². The summed E-state index contributed by atoms with van der Waals surface area (Å²) >= 11 is 6.01. The van der Waals surface area contributed by atoms with Gasteiger partial charge in [-0.2, -0.15) is 0 Å². The quantitative estimate of drug-likeness (QED) is 0.785. The molecule has 0 fully saturated rings. The molecule has 1 aliphatic heterocycles. The van der Waals surface area contributed by atoms with E-state index in [0.29, 0.717) is 33.0 Å². The standard InChI is InChI=1S/C22H16ClNO4/c1-11-16(22(27)28-2)17(12-7-9-13(23)10-8-12)18-19(24-11)21(26)15-6-4-3-5-14(15)20(18)25/h3-10,17,24H,1-2H3. The molecule has 2 aromatic carbocycles. The fraction of sp³-hybridized carbons (Fsp3) is 0.136. The number of ketones is 2. The Kier molecular flexibility index (Phi) is 4.40. The molecule has 6 heteroatoms. The van der Waals surface area contributed by atoms with E-state index in [4.69, 9.17) is 16.3 Å². The number of Topliss-reactive ketones (excluding diaryl/α,β-unsaturated/α-hetero) is 2. The van der Waals surface area contributed by atoms with Crippen LogP contribution in [0.5, 0.6) is 0 Å². The number of rotatable bonds is 2. The maximum Gasteiger partial charge on any atom is 0.336 e. The number of hydrogen-bond donors (Lipinski definition) is 1. The van der Waals surface area contributed by atoms with Gasteiger partial charge in [-0.15, -0.1) is 0 Å². The van der Waals surface area contributed by atoms with Gasteiger partial charge in [-0.1, -0.05) is 48.0 Å². The normalized spacial score (nSPS) is 18.5. The number of ether oxygens (including phenoxy) is 1. The van der Waals surface area contributed by atoms with Crippen LogP contribution in [0.15, 0.2) is 71.1 Å². The summed E-state index contributed by atoms with van der Waals surface area (Å²) in [5.41, 5.74) is 2.58. The molecule has 2 aromatic rings. The molecule has 1 N–H and O–H groups in total. The van der Waals surface area contributed by atoms with Crippen LogP contribution in [-0.2, 0) is 9.53 Å². The first kappa shape index (κ1) is 18.2. The van der Waals surface area contributed by atoms with Crippen LogP contribution in [0, 0.1) is 0 Å². The summed E-state index contributed by atoms with van der Waals surface area (Å²) < 4.78 is 4.97. The van der Waals surface area contributed by atoms with Gasteiger partial charge in [-0.25, -0.2) is 4.79 Å². The zero-order chi connectivity index (χ0) is 20.0. The average Bonchev–Trinajstić information content (AvgIpc) is 2.71. The van der Waals surface area contributed by atoms with Crippen LogP contribution in [0.2, 0.25) is 5.02 Å². The molecule has 0 bridgehead atoms. The third kappa shape index (κ3) is 2.67. The Morgan fingerprint density at radius 1 is 1.00 bits per heavy atom. The molecule has 1 unspecified atom stereocenters. The highest BCUT2D eigenvalue weighted by Gasteiger charge is 2.43. The van der Waals surface area contributed by atoms with Gasteiger partial charge < -0.3 is 10.1 Å². The highest BCUT2D eigenvalue weighted by Crippen LogP contribution is 2.43. The summed E-state index contributed by atoms with van der Waals surface area (Å²) in [5, 5.41) is 3.51. The lowest BCUT2D eigenvalue weighted by atomic mass is 9.73. The van der Waals surface area contributed by atoms with Gasteiger partial charge in [-0.05, 0) is 24.6 Å². The molecule has 4 rings (SSSR count). The number of esters is 1. The number of carbonyl (C=O) groups excluding carboxylic acids is 3. The number of fused-ring (bicyclic) bond motifs is 1. The van der Waals surface area contributed by atoms with Crippen molar-refractivity contribution in [1.29, 1.82) is 0 Å². The van der Waals surface area contributed by atoms with Gasteiger partial charge in [0.1, 0.15) is 0 Å². The molecule has 1 atom stereocenters. The van der Waals surface area contributed by atoms with E-state index in [9.17, 15) is 14.4 Å². The number of nitrogens with one attached hydrogen (secondary N) is 1. The fourth-order valence-corrected chi connectivity index (χ4v) is 3.91. The average molecular weight is 394 g/mol. The number of carbonyl (C=O) groups is 3. The van der Waals surface area contributed by atoms with E-state index >= 15 is 0 Å². The van der Waals surface area contributed by atoms with Crippen molar-refractivity contribution in [3.63, 3.8) is 0 Å². The summed E-state index contributed by atoms with van der Waals surface area (Å²) in [6.45, 7) is 1.69. The summed E-state index contributed by atoms with van der Waals surface area (Å²) in [6.07, 6.45) is 0. The van der Waals surface area contributed by atoms with E-state index in [1.54, 1.807) is 55.5 Å². The van der Waals surface area contributed by atoms with Crippen LogP contribution >= 0.6 is 11.6 Å². The number of allylic oxidation sites excluding steroid dienone is 3. The predicted octanol–water partition coefficient (Wildman–Crippen LogP) is 3.81. The number of hydrogen-bond acceptors (Lipinski definition) is 5. The van der Waals surface area contributed by atoms with Crippen molar-refractivity contribution in [2.45, 2.75) is 12.8 Å². The highest BCUT2D eigenvalue weighted by atomic mass is 35.5. The number of methoxy groups -OCH3 is 1. The van der Waals surface area contributed by atoms with Crippen molar-refractivity contribution in [2.75, 3.05) is 7.11 Å². The minimum Gasteiger partial charge on any atom is -0.466 e.